The lowest BCUT2D eigenvalue weighted by molar-refractivity contribution is -0.135. The molecule has 0 aromatic carbocycles. The van der Waals surface area contributed by atoms with Crippen molar-refractivity contribution in [2.24, 2.45) is 5.92 Å². The highest BCUT2D eigenvalue weighted by Gasteiger charge is 2.22. The highest BCUT2D eigenvalue weighted by Crippen LogP contribution is 2.07. The Morgan fingerprint density at radius 1 is 1.40 bits per heavy atom. The summed E-state index contributed by atoms with van der Waals surface area (Å²) >= 11 is 0. The topological polar surface area (TPSA) is 20.3 Å². The molecule has 0 saturated carbocycles. The van der Waals surface area contributed by atoms with Crippen LogP contribution in [0.1, 0.15) is 13.8 Å². The monoisotopic (exact) mass is 147 g/mol. The summed E-state index contributed by atoms with van der Waals surface area (Å²) in [6.07, 6.45) is -1.35. The number of hydrogen-bond donors (Lipinski definition) is 0. The first-order valence-corrected chi connectivity index (χ1v) is 3.32. The van der Waals surface area contributed by atoms with E-state index in [9.17, 15) is 9.18 Å². The number of halogens is 1. The molecule has 0 aliphatic rings. The van der Waals surface area contributed by atoms with Crippen molar-refractivity contribution in [1.82, 2.24) is 4.90 Å². The molecule has 0 radical (unpaired) electrons. The molecule has 60 valence electrons. The van der Waals surface area contributed by atoms with Crippen LogP contribution in [0.3, 0.4) is 0 Å². The maximum atomic E-state index is 12.8. The Morgan fingerprint density at radius 3 is 1.90 bits per heavy atom. The number of carbonyl (C=O) groups excluding carboxylic acids is 1. The largest absolute Gasteiger partial charge is 0.346 e. The highest BCUT2D eigenvalue weighted by atomic mass is 19.1. The SMILES string of the molecule is CC(C)C(F)C(=O)N(C)C. The van der Waals surface area contributed by atoms with Gasteiger partial charge in [0.2, 0.25) is 0 Å². The lowest BCUT2D eigenvalue weighted by Crippen LogP contribution is -2.33. The van der Waals surface area contributed by atoms with E-state index in [2.05, 4.69) is 0 Å². The molecule has 0 heterocycles. The molecule has 1 atom stereocenters. The predicted octanol–water partition coefficient (Wildman–Crippen LogP) is 1.07. The Morgan fingerprint density at radius 2 is 1.80 bits per heavy atom. The Hall–Kier alpha value is -0.600. The van der Waals surface area contributed by atoms with Crippen LogP contribution in [0, 0.1) is 5.92 Å². The Bertz CT molecular complexity index is 123. The molecule has 0 rings (SSSR count). The molecule has 10 heavy (non-hydrogen) atoms. The lowest BCUT2D eigenvalue weighted by Gasteiger charge is -2.16. The predicted molar refractivity (Wildman–Crippen MR) is 38.4 cm³/mol. The second-order valence-electron chi connectivity index (χ2n) is 2.88. The number of rotatable bonds is 2. The van der Waals surface area contributed by atoms with E-state index in [1.807, 2.05) is 0 Å². The molecule has 1 unspecified atom stereocenters. The molecule has 1 amide bonds. The standard InChI is InChI=1S/C7H14FNO/c1-5(2)6(8)7(10)9(3)4/h5-6H,1-4H3. The molecular formula is C7H14FNO. The van der Waals surface area contributed by atoms with Crippen LogP contribution in [0.4, 0.5) is 4.39 Å². The van der Waals surface area contributed by atoms with Crippen LogP contribution in [0.25, 0.3) is 0 Å². The fourth-order valence-corrected chi connectivity index (χ4v) is 0.532. The van der Waals surface area contributed by atoms with E-state index in [0.717, 1.165) is 0 Å². The second kappa shape index (κ2) is 3.54. The summed E-state index contributed by atoms with van der Waals surface area (Å²) in [5.41, 5.74) is 0. The van der Waals surface area contributed by atoms with E-state index in [1.165, 1.54) is 4.90 Å². The number of amides is 1. The summed E-state index contributed by atoms with van der Waals surface area (Å²) in [7, 11) is 3.11. The normalized spacial score (nSPS) is 13.4. The molecular weight excluding hydrogens is 133 g/mol. The van der Waals surface area contributed by atoms with Crippen molar-refractivity contribution in [3.8, 4) is 0 Å². The Kier molecular flexibility index (Phi) is 3.33. The average Bonchev–Trinajstić information content (AvgIpc) is 1.84. The van der Waals surface area contributed by atoms with Gasteiger partial charge in [-0.1, -0.05) is 13.8 Å². The molecule has 0 spiro atoms. The van der Waals surface area contributed by atoms with Crippen molar-refractivity contribution in [3.05, 3.63) is 0 Å². The van der Waals surface area contributed by atoms with Crippen molar-refractivity contribution in [2.75, 3.05) is 14.1 Å². The van der Waals surface area contributed by atoms with Gasteiger partial charge in [-0.2, -0.15) is 0 Å². The molecule has 0 N–H and O–H groups in total. The zero-order valence-electron chi connectivity index (χ0n) is 6.89. The summed E-state index contributed by atoms with van der Waals surface area (Å²) in [5, 5.41) is 0. The van der Waals surface area contributed by atoms with Crippen LogP contribution in [-0.4, -0.2) is 31.1 Å². The van der Waals surface area contributed by atoms with Gasteiger partial charge < -0.3 is 4.90 Å². The van der Waals surface area contributed by atoms with Crippen LogP contribution in [-0.2, 0) is 4.79 Å². The number of hydrogen-bond acceptors (Lipinski definition) is 1. The second-order valence-corrected chi connectivity index (χ2v) is 2.88. The summed E-state index contributed by atoms with van der Waals surface area (Å²) in [5.74, 6) is -0.676. The Balaban J connectivity index is 3.95. The van der Waals surface area contributed by atoms with Gasteiger partial charge in [0, 0.05) is 14.1 Å². The van der Waals surface area contributed by atoms with Crippen molar-refractivity contribution in [2.45, 2.75) is 20.0 Å². The van der Waals surface area contributed by atoms with Gasteiger partial charge in [0.1, 0.15) is 0 Å². The van der Waals surface area contributed by atoms with Gasteiger partial charge in [0.15, 0.2) is 6.17 Å². The van der Waals surface area contributed by atoms with Gasteiger partial charge in [0.05, 0.1) is 0 Å². The van der Waals surface area contributed by atoms with Crippen molar-refractivity contribution < 1.29 is 9.18 Å². The first-order valence-electron chi connectivity index (χ1n) is 3.32. The lowest BCUT2D eigenvalue weighted by atomic mass is 10.1. The van der Waals surface area contributed by atoms with Crippen LogP contribution < -0.4 is 0 Å². The third kappa shape index (κ3) is 2.33. The summed E-state index contributed by atoms with van der Waals surface area (Å²) in [6.45, 7) is 3.37. The number of carbonyl (C=O) groups is 1. The third-order valence-electron chi connectivity index (χ3n) is 1.26. The maximum Gasteiger partial charge on any atom is 0.256 e. The van der Waals surface area contributed by atoms with E-state index in [-0.39, 0.29) is 5.92 Å². The van der Waals surface area contributed by atoms with Crippen LogP contribution in [0.5, 0.6) is 0 Å². The van der Waals surface area contributed by atoms with Gasteiger partial charge in [0.25, 0.3) is 5.91 Å². The summed E-state index contributed by atoms with van der Waals surface area (Å²) < 4.78 is 12.8. The highest BCUT2D eigenvalue weighted by molar-refractivity contribution is 5.80. The van der Waals surface area contributed by atoms with E-state index in [1.54, 1.807) is 27.9 Å². The average molecular weight is 147 g/mol. The van der Waals surface area contributed by atoms with Gasteiger partial charge in [-0.3, -0.25) is 4.79 Å². The minimum absolute atomic E-state index is 0.227. The molecule has 3 heteroatoms. The minimum atomic E-state index is -1.35. The van der Waals surface area contributed by atoms with E-state index < -0.39 is 12.1 Å². The molecule has 0 aromatic heterocycles. The van der Waals surface area contributed by atoms with Crippen LogP contribution in [0.2, 0.25) is 0 Å². The fourth-order valence-electron chi connectivity index (χ4n) is 0.532. The van der Waals surface area contributed by atoms with E-state index in [0.29, 0.717) is 0 Å². The molecule has 0 aromatic rings. The molecule has 0 bridgehead atoms. The first kappa shape index (κ1) is 9.40. The molecule has 0 aliphatic carbocycles. The number of nitrogens with zero attached hydrogens (tertiary/aromatic N) is 1. The molecule has 0 saturated heterocycles. The summed E-state index contributed by atoms with van der Waals surface area (Å²) in [6, 6.07) is 0. The van der Waals surface area contributed by atoms with Gasteiger partial charge in [-0.05, 0) is 5.92 Å². The quantitative estimate of drug-likeness (QED) is 0.572. The van der Waals surface area contributed by atoms with Gasteiger partial charge in [-0.15, -0.1) is 0 Å². The minimum Gasteiger partial charge on any atom is -0.346 e. The maximum absolute atomic E-state index is 12.8. The Labute approximate surface area is 61.0 Å². The number of alkyl halides is 1. The van der Waals surface area contributed by atoms with Crippen molar-refractivity contribution in [1.29, 1.82) is 0 Å². The smallest absolute Gasteiger partial charge is 0.256 e. The van der Waals surface area contributed by atoms with Crippen molar-refractivity contribution >= 4 is 5.91 Å². The molecule has 0 fully saturated rings. The molecule has 2 nitrogen and oxygen atoms in total. The zero-order valence-corrected chi connectivity index (χ0v) is 6.89. The van der Waals surface area contributed by atoms with Gasteiger partial charge in [-0.25, -0.2) is 4.39 Å². The third-order valence-corrected chi connectivity index (χ3v) is 1.26. The van der Waals surface area contributed by atoms with Crippen LogP contribution in [0.15, 0.2) is 0 Å². The zero-order chi connectivity index (χ0) is 8.31. The van der Waals surface area contributed by atoms with Crippen molar-refractivity contribution in [3.63, 3.8) is 0 Å². The van der Waals surface area contributed by atoms with Gasteiger partial charge >= 0.3 is 0 Å². The van der Waals surface area contributed by atoms with E-state index >= 15 is 0 Å². The fraction of sp³-hybridized carbons (Fsp3) is 0.857. The van der Waals surface area contributed by atoms with Crippen LogP contribution >= 0.6 is 0 Å². The van der Waals surface area contributed by atoms with E-state index in [4.69, 9.17) is 0 Å². The summed E-state index contributed by atoms with van der Waals surface area (Å²) in [4.78, 5) is 12.1. The first-order chi connectivity index (χ1) is 4.46. The molecule has 0 aliphatic heterocycles.